The zero-order valence-electron chi connectivity index (χ0n) is 16.8. The summed E-state index contributed by atoms with van der Waals surface area (Å²) in [5.41, 5.74) is -0.574. The van der Waals surface area contributed by atoms with E-state index in [-0.39, 0.29) is 35.5 Å². The average Bonchev–Trinajstić information content (AvgIpc) is 3.20. The predicted molar refractivity (Wildman–Crippen MR) is 107 cm³/mol. The van der Waals surface area contributed by atoms with Crippen molar-refractivity contribution < 1.29 is 27.4 Å². The maximum atomic E-state index is 13.2. The molecule has 1 aromatic carbocycles. The first-order valence-corrected chi connectivity index (χ1v) is 11.3. The Kier molecular flexibility index (Phi) is 7.51. The molecular weight excluding hydrogens is 403 g/mol. The lowest BCUT2D eigenvalue weighted by atomic mass is 9.88. The zero-order valence-corrected chi connectivity index (χ0v) is 17.6. The Morgan fingerprint density at radius 2 is 2.00 bits per heavy atom. The third-order valence-electron chi connectivity index (χ3n) is 5.84. The highest BCUT2D eigenvalue weighted by Crippen LogP contribution is 2.39. The highest BCUT2D eigenvalue weighted by molar-refractivity contribution is 7.98. The quantitative estimate of drug-likeness (QED) is 0.489. The number of thioether (sulfide) groups is 1. The molecule has 0 unspecified atom stereocenters. The van der Waals surface area contributed by atoms with Crippen LogP contribution in [0.2, 0.25) is 0 Å². The fourth-order valence-corrected chi connectivity index (χ4v) is 4.97. The Morgan fingerprint density at radius 3 is 2.62 bits per heavy atom. The predicted octanol–water partition coefficient (Wildman–Crippen LogP) is 4.95. The summed E-state index contributed by atoms with van der Waals surface area (Å²) in [6, 6.07) is 2.62. The first-order valence-electron chi connectivity index (χ1n) is 10.0. The third-order valence-corrected chi connectivity index (χ3v) is 6.60. The van der Waals surface area contributed by atoms with E-state index in [9.17, 15) is 18.0 Å². The molecule has 1 N–H and O–H groups in total. The van der Waals surface area contributed by atoms with Gasteiger partial charge in [0.25, 0.3) is 0 Å². The molecule has 3 rings (SSSR count). The molecule has 1 saturated heterocycles. The van der Waals surface area contributed by atoms with Crippen LogP contribution in [0.3, 0.4) is 0 Å². The van der Waals surface area contributed by atoms with Gasteiger partial charge in [-0.2, -0.15) is 13.2 Å². The van der Waals surface area contributed by atoms with Gasteiger partial charge in [-0.15, -0.1) is 11.8 Å². The number of ketones is 1. The van der Waals surface area contributed by atoms with E-state index in [1.165, 1.54) is 20.0 Å². The van der Waals surface area contributed by atoms with Crippen molar-refractivity contribution in [1.82, 2.24) is 5.32 Å². The smallest absolute Gasteiger partial charge is 0.416 e. The molecule has 1 heterocycles. The van der Waals surface area contributed by atoms with Crippen molar-refractivity contribution in [2.75, 3.05) is 26.6 Å². The maximum Gasteiger partial charge on any atom is 0.416 e. The summed E-state index contributed by atoms with van der Waals surface area (Å²) in [5.74, 6) is -0.224. The number of Topliss-reactive ketones (excluding diaryl/α,β-unsaturated/α-hetero) is 1. The fourth-order valence-electron chi connectivity index (χ4n) is 4.30. The van der Waals surface area contributed by atoms with Gasteiger partial charge in [0.05, 0.1) is 24.8 Å². The second-order valence-corrected chi connectivity index (χ2v) is 8.61. The molecule has 1 aromatic rings. The van der Waals surface area contributed by atoms with Gasteiger partial charge in [-0.1, -0.05) is 12.8 Å². The number of hydrogen-bond acceptors (Lipinski definition) is 5. The molecule has 0 radical (unpaired) electrons. The van der Waals surface area contributed by atoms with Crippen LogP contribution in [0.5, 0.6) is 5.75 Å². The largest absolute Gasteiger partial charge is 0.496 e. The van der Waals surface area contributed by atoms with Crippen molar-refractivity contribution in [3.63, 3.8) is 0 Å². The number of alkyl halides is 3. The third kappa shape index (κ3) is 5.47. The molecule has 0 bridgehead atoms. The molecule has 0 aromatic heterocycles. The van der Waals surface area contributed by atoms with E-state index in [4.69, 9.17) is 9.47 Å². The van der Waals surface area contributed by atoms with Crippen LogP contribution in [-0.2, 0) is 10.9 Å². The van der Waals surface area contributed by atoms with Crippen LogP contribution in [-0.4, -0.2) is 44.4 Å². The van der Waals surface area contributed by atoms with Crippen LogP contribution in [0.4, 0.5) is 13.2 Å². The molecule has 2 atom stereocenters. The standard InChI is InChI=1S/C21H28F3NO3S/c1-27-18-10-14(21(22,23)24)11-19(29-2)20(18)17(26)9-13-12-28-8-7-16(13)25-15-5-3-4-6-15/h10-11,13,15-16,25H,3-9,12H2,1-2H3/t13-,16-/m1/s1. The van der Waals surface area contributed by atoms with Gasteiger partial charge in [-0.25, -0.2) is 0 Å². The molecular formula is C21H28F3NO3S. The number of ether oxygens (including phenoxy) is 2. The number of hydrogen-bond donors (Lipinski definition) is 1. The SMILES string of the molecule is COc1cc(C(F)(F)F)cc(SC)c1C(=O)C[C@@H]1COCC[C@H]1NC1CCCC1. The second-order valence-electron chi connectivity index (χ2n) is 7.76. The second kappa shape index (κ2) is 9.71. The maximum absolute atomic E-state index is 13.2. The summed E-state index contributed by atoms with van der Waals surface area (Å²) < 4.78 is 50.4. The van der Waals surface area contributed by atoms with Gasteiger partial charge in [0, 0.05) is 35.9 Å². The molecule has 1 aliphatic heterocycles. The minimum Gasteiger partial charge on any atom is -0.496 e. The molecule has 2 fully saturated rings. The Hall–Kier alpha value is -1.25. The number of carbonyl (C=O) groups excluding carboxylic acids is 1. The average molecular weight is 432 g/mol. The molecule has 8 heteroatoms. The summed E-state index contributed by atoms with van der Waals surface area (Å²) in [4.78, 5) is 13.4. The topological polar surface area (TPSA) is 47.6 Å². The van der Waals surface area contributed by atoms with Crippen molar-refractivity contribution in [3.8, 4) is 5.75 Å². The lowest BCUT2D eigenvalue weighted by Gasteiger charge is -2.34. The number of methoxy groups -OCH3 is 1. The van der Waals surface area contributed by atoms with Gasteiger partial charge < -0.3 is 14.8 Å². The van der Waals surface area contributed by atoms with Crippen LogP contribution in [0.25, 0.3) is 0 Å². The van der Waals surface area contributed by atoms with Crippen LogP contribution in [0.1, 0.15) is 54.4 Å². The van der Waals surface area contributed by atoms with Crippen molar-refractivity contribution in [1.29, 1.82) is 0 Å². The zero-order chi connectivity index (χ0) is 21.0. The van der Waals surface area contributed by atoms with Crippen molar-refractivity contribution in [3.05, 3.63) is 23.3 Å². The number of benzene rings is 1. The molecule has 29 heavy (non-hydrogen) atoms. The van der Waals surface area contributed by atoms with E-state index in [0.29, 0.717) is 24.2 Å². The van der Waals surface area contributed by atoms with Crippen LogP contribution < -0.4 is 10.1 Å². The number of carbonyl (C=O) groups is 1. The summed E-state index contributed by atoms with van der Waals surface area (Å²) in [6.45, 7) is 1.14. The Morgan fingerprint density at radius 1 is 1.28 bits per heavy atom. The molecule has 2 aliphatic rings. The summed E-state index contributed by atoms with van der Waals surface area (Å²) >= 11 is 1.12. The lowest BCUT2D eigenvalue weighted by molar-refractivity contribution is -0.137. The van der Waals surface area contributed by atoms with E-state index in [2.05, 4.69) is 5.32 Å². The number of nitrogens with one attached hydrogen (secondary N) is 1. The number of halogens is 3. The minimum atomic E-state index is -4.49. The summed E-state index contributed by atoms with van der Waals surface area (Å²) in [6.07, 6.45) is 3.00. The molecule has 1 saturated carbocycles. The highest BCUT2D eigenvalue weighted by atomic mass is 32.2. The molecule has 1 aliphatic carbocycles. The van der Waals surface area contributed by atoms with Gasteiger partial charge in [0.15, 0.2) is 5.78 Å². The van der Waals surface area contributed by atoms with Crippen molar-refractivity contribution >= 4 is 17.5 Å². The molecule has 0 spiro atoms. The van der Waals surface area contributed by atoms with Gasteiger partial charge in [-0.3, -0.25) is 4.79 Å². The van der Waals surface area contributed by atoms with Crippen LogP contribution in [0.15, 0.2) is 17.0 Å². The highest BCUT2D eigenvalue weighted by Gasteiger charge is 2.35. The van der Waals surface area contributed by atoms with E-state index in [0.717, 1.165) is 43.2 Å². The summed E-state index contributed by atoms with van der Waals surface area (Å²) in [5, 5.41) is 3.69. The van der Waals surface area contributed by atoms with E-state index >= 15 is 0 Å². The monoisotopic (exact) mass is 431 g/mol. The molecule has 4 nitrogen and oxygen atoms in total. The number of rotatable bonds is 7. The Bertz CT molecular complexity index is 695. The van der Waals surface area contributed by atoms with E-state index in [1.807, 2.05) is 0 Å². The van der Waals surface area contributed by atoms with Crippen molar-refractivity contribution in [2.45, 2.75) is 61.7 Å². The Labute approximate surface area is 173 Å². The van der Waals surface area contributed by atoms with Crippen LogP contribution >= 0.6 is 11.8 Å². The van der Waals surface area contributed by atoms with E-state index in [1.54, 1.807) is 6.26 Å². The van der Waals surface area contributed by atoms with Gasteiger partial charge in [-0.05, 0) is 37.7 Å². The van der Waals surface area contributed by atoms with Gasteiger partial charge in [0.1, 0.15) is 5.75 Å². The lowest BCUT2D eigenvalue weighted by Crippen LogP contribution is -2.47. The first-order chi connectivity index (χ1) is 13.8. The first kappa shape index (κ1) is 22.4. The molecule has 162 valence electrons. The normalized spacial score (nSPS) is 23.3. The van der Waals surface area contributed by atoms with E-state index < -0.39 is 11.7 Å². The van der Waals surface area contributed by atoms with Crippen molar-refractivity contribution in [2.24, 2.45) is 5.92 Å². The Balaban J connectivity index is 1.81. The summed E-state index contributed by atoms with van der Waals surface area (Å²) in [7, 11) is 1.30. The minimum absolute atomic E-state index is 0.00134. The fraction of sp³-hybridized carbons (Fsp3) is 0.667. The van der Waals surface area contributed by atoms with Gasteiger partial charge in [0.2, 0.25) is 0 Å². The van der Waals surface area contributed by atoms with Gasteiger partial charge >= 0.3 is 6.18 Å². The van der Waals surface area contributed by atoms with Crippen LogP contribution in [0, 0.1) is 5.92 Å². The molecule has 0 amide bonds.